The molecule has 0 aliphatic carbocycles. The molecule has 2 aromatic rings. The Morgan fingerprint density at radius 2 is 1.88 bits per heavy atom. The molecule has 0 amide bonds. The van der Waals surface area contributed by atoms with Gasteiger partial charge in [0.25, 0.3) is 0 Å². The quantitative estimate of drug-likeness (QED) is 0.433. The van der Waals surface area contributed by atoms with Crippen molar-refractivity contribution in [3.05, 3.63) is 58.1 Å². The fourth-order valence-corrected chi connectivity index (χ4v) is 5.77. The maximum atomic E-state index is 13.1. The van der Waals surface area contributed by atoms with Crippen LogP contribution in [0.2, 0.25) is 5.02 Å². The third-order valence-electron chi connectivity index (χ3n) is 5.45. The van der Waals surface area contributed by atoms with Crippen molar-refractivity contribution in [2.75, 3.05) is 20.2 Å². The first-order valence-corrected chi connectivity index (χ1v) is 12.1. The van der Waals surface area contributed by atoms with Crippen LogP contribution in [-0.2, 0) is 21.4 Å². The van der Waals surface area contributed by atoms with Gasteiger partial charge in [-0.25, -0.2) is 13.2 Å². The maximum absolute atomic E-state index is 13.1. The predicted octanol–water partition coefficient (Wildman–Crippen LogP) is 4.33. The third-order valence-corrected chi connectivity index (χ3v) is 7.80. The monoisotopic (exact) mass is 479 g/mol. The largest absolute Gasteiger partial charge is 0.496 e. The Labute approximate surface area is 193 Å². The summed E-state index contributed by atoms with van der Waals surface area (Å²) in [6.45, 7) is 4.14. The van der Waals surface area contributed by atoms with Crippen LogP contribution < -0.4 is 4.74 Å². The number of rotatable bonds is 7. The highest BCUT2D eigenvalue weighted by molar-refractivity contribution is 7.89. The highest BCUT2D eigenvalue weighted by atomic mass is 35.5. The number of ether oxygens (including phenoxy) is 2. The van der Waals surface area contributed by atoms with Crippen molar-refractivity contribution in [1.29, 1.82) is 0 Å². The number of carbonyl (C=O) groups is 2. The number of hydrogen-bond donors (Lipinski definition) is 0. The molecular weight excluding hydrogens is 454 g/mol. The van der Waals surface area contributed by atoms with E-state index < -0.39 is 16.0 Å². The molecule has 0 N–H and O–H groups in total. The van der Waals surface area contributed by atoms with Crippen molar-refractivity contribution in [2.45, 2.75) is 38.2 Å². The van der Waals surface area contributed by atoms with E-state index in [-0.39, 0.29) is 33.8 Å². The average molecular weight is 480 g/mol. The lowest BCUT2D eigenvalue weighted by Gasteiger charge is -2.30. The third kappa shape index (κ3) is 5.31. The van der Waals surface area contributed by atoms with Gasteiger partial charge in [0.15, 0.2) is 5.78 Å². The van der Waals surface area contributed by atoms with E-state index in [2.05, 4.69) is 0 Å². The number of methoxy groups -OCH3 is 1. The van der Waals surface area contributed by atoms with Crippen molar-refractivity contribution >= 4 is 33.4 Å². The molecule has 1 aliphatic rings. The second kappa shape index (κ2) is 10.0. The van der Waals surface area contributed by atoms with E-state index in [0.29, 0.717) is 30.0 Å². The molecule has 0 spiro atoms. The SMILES string of the molecule is COc1ccc(C(C)=O)cc1COC(=O)c1ccc(Cl)c(S(=O)(=O)N2CCCC(C)C2)c1. The van der Waals surface area contributed by atoms with E-state index in [0.717, 1.165) is 12.8 Å². The van der Waals surface area contributed by atoms with E-state index in [1.807, 2.05) is 6.92 Å². The summed E-state index contributed by atoms with van der Waals surface area (Å²) in [4.78, 5) is 24.2. The van der Waals surface area contributed by atoms with Gasteiger partial charge in [0.2, 0.25) is 10.0 Å². The molecule has 1 fully saturated rings. The minimum atomic E-state index is -3.84. The van der Waals surface area contributed by atoms with Crippen molar-refractivity contribution in [3.8, 4) is 5.75 Å². The van der Waals surface area contributed by atoms with Crippen LogP contribution >= 0.6 is 11.6 Å². The number of ketones is 1. The summed E-state index contributed by atoms with van der Waals surface area (Å²) in [5.74, 6) is -0.104. The molecular formula is C23H26ClNO6S. The number of halogens is 1. The Morgan fingerprint density at radius 3 is 2.53 bits per heavy atom. The molecule has 0 radical (unpaired) electrons. The van der Waals surface area contributed by atoms with E-state index in [1.54, 1.807) is 18.2 Å². The summed E-state index contributed by atoms with van der Waals surface area (Å²) < 4.78 is 38.3. The van der Waals surface area contributed by atoms with Gasteiger partial charge in [0.1, 0.15) is 17.3 Å². The number of hydrogen-bond acceptors (Lipinski definition) is 6. The highest BCUT2D eigenvalue weighted by Gasteiger charge is 2.31. The van der Waals surface area contributed by atoms with Crippen molar-refractivity contribution < 1.29 is 27.5 Å². The molecule has 1 saturated heterocycles. The molecule has 1 atom stereocenters. The zero-order valence-corrected chi connectivity index (χ0v) is 19.8. The summed E-state index contributed by atoms with van der Waals surface area (Å²) in [6, 6.07) is 8.92. The number of piperidine rings is 1. The second-order valence-electron chi connectivity index (χ2n) is 7.91. The van der Waals surface area contributed by atoms with Crippen molar-refractivity contribution in [1.82, 2.24) is 4.31 Å². The summed E-state index contributed by atoms with van der Waals surface area (Å²) in [5.41, 5.74) is 1.06. The summed E-state index contributed by atoms with van der Waals surface area (Å²) in [7, 11) is -2.36. The van der Waals surface area contributed by atoms with Crippen LogP contribution in [0.1, 0.15) is 53.0 Å². The molecule has 3 rings (SSSR count). The smallest absolute Gasteiger partial charge is 0.338 e. The number of nitrogens with zero attached hydrogens (tertiary/aromatic N) is 1. The van der Waals surface area contributed by atoms with Crippen LogP contribution in [0.25, 0.3) is 0 Å². The molecule has 32 heavy (non-hydrogen) atoms. The molecule has 7 nitrogen and oxygen atoms in total. The van der Waals surface area contributed by atoms with E-state index in [9.17, 15) is 18.0 Å². The Balaban J connectivity index is 1.82. The number of benzene rings is 2. The molecule has 172 valence electrons. The van der Waals surface area contributed by atoms with Gasteiger partial charge in [-0.15, -0.1) is 0 Å². The number of esters is 1. The minimum Gasteiger partial charge on any atom is -0.496 e. The number of sulfonamides is 1. The molecule has 9 heteroatoms. The maximum Gasteiger partial charge on any atom is 0.338 e. The fourth-order valence-electron chi connectivity index (χ4n) is 3.67. The van der Waals surface area contributed by atoms with Gasteiger partial charge in [-0.05, 0) is 62.1 Å². The normalized spacial score (nSPS) is 17.1. The van der Waals surface area contributed by atoms with Crippen LogP contribution in [0.15, 0.2) is 41.3 Å². The fraction of sp³-hybridized carbons (Fsp3) is 0.391. The van der Waals surface area contributed by atoms with Crippen LogP contribution in [-0.4, -0.2) is 44.7 Å². The molecule has 0 bridgehead atoms. The summed E-state index contributed by atoms with van der Waals surface area (Å²) in [6.07, 6.45) is 1.75. The van der Waals surface area contributed by atoms with Crippen LogP contribution in [0.5, 0.6) is 5.75 Å². The van der Waals surface area contributed by atoms with Crippen LogP contribution in [0.3, 0.4) is 0 Å². The summed E-state index contributed by atoms with van der Waals surface area (Å²) in [5, 5.41) is 0.0515. The number of Topliss-reactive ketones (excluding diaryl/α,β-unsaturated/α-hetero) is 1. The van der Waals surface area contributed by atoms with Gasteiger partial charge in [-0.1, -0.05) is 18.5 Å². The Kier molecular flexibility index (Phi) is 7.59. The number of carbonyl (C=O) groups excluding carboxylic acids is 2. The van der Waals surface area contributed by atoms with Gasteiger partial charge in [-0.3, -0.25) is 4.79 Å². The molecule has 1 unspecified atom stereocenters. The van der Waals surface area contributed by atoms with Gasteiger partial charge in [0, 0.05) is 24.2 Å². The summed E-state index contributed by atoms with van der Waals surface area (Å²) >= 11 is 6.19. The first-order valence-electron chi connectivity index (χ1n) is 10.3. The van der Waals surface area contributed by atoms with Gasteiger partial charge in [-0.2, -0.15) is 4.31 Å². The van der Waals surface area contributed by atoms with Gasteiger partial charge >= 0.3 is 5.97 Å². The second-order valence-corrected chi connectivity index (χ2v) is 10.2. The molecule has 1 aliphatic heterocycles. The minimum absolute atomic E-state index is 0.0515. The lowest BCUT2D eigenvalue weighted by Crippen LogP contribution is -2.39. The molecule has 0 saturated carbocycles. The lowest BCUT2D eigenvalue weighted by molar-refractivity contribution is 0.0470. The standard InChI is InChI=1S/C23H26ClNO6S/c1-15-5-4-10-25(13-15)32(28,29)22-12-18(6-8-20(22)24)23(27)31-14-19-11-17(16(2)26)7-9-21(19)30-3/h6-9,11-12,15H,4-5,10,13-14H2,1-3H3. The van der Waals surface area contributed by atoms with Gasteiger partial charge < -0.3 is 9.47 Å². The first-order chi connectivity index (χ1) is 15.1. The topological polar surface area (TPSA) is 90.0 Å². The zero-order valence-electron chi connectivity index (χ0n) is 18.3. The first kappa shape index (κ1) is 24.2. The Bertz CT molecular complexity index is 1130. The molecule has 0 aromatic heterocycles. The van der Waals surface area contributed by atoms with Crippen molar-refractivity contribution in [3.63, 3.8) is 0 Å². The van der Waals surface area contributed by atoms with E-state index >= 15 is 0 Å². The average Bonchev–Trinajstić information content (AvgIpc) is 2.77. The van der Waals surface area contributed by atoms with Crippen LogP contribution in [0, 0.1) is 5.92 Å². The Hall–Kier alpha value is -2.42. The van der Waals surface area contributed by atoms with E-state index in [1.165, 1.54) is 36.5 Å². The van der Waals surface area contributed by atoms with E-state index in [4.69, 9.17) is 21.1 Å². The Morgan fingerprint density at radius 1 is 1.16 bits per heavy atom. The van der Waals surface area contributed by atoms with Crippen molar-refractivity contribution in [2.24, 2.45) is 5.92 Å². The van der Waals surface area contributed by atoms with Gasteiger partial charge in [0.05, 0.1) is 17.7 Å². The molecule has 1 heterocycles. The highest BCUT2D eigenvalue weighted by Crippen LogP contribution is 2.29. The molecule has 2 aromatic carbocycles. The zero-order chi connectivity index (χ0) is 23.5. The predicted molar refractivity (Wildman–Crippen MR) is 121 cm³/mol. The lowest BCUT2D eigenvalue weighted by atomic mass is 10.0. The van der Waals surface area contributed by atoms with Crippen LogP contribution in [0.4, 0.5) is 0 Å².